The van der Waals surface area contributed by atoms with Gasteiger partial charge in [-0.05, 0) is 43.1 Å². The Hall–Kier alpha value is 0.230. The standard InChI is InChI=1S/C13H26N2OS/c14-10-13(5-7-17-8-6-13)15-12-4-2-1-3-11(12)9-16/h11-12,15-16H,1-10,14H2. The number of nitrogens with one attached hydrogen (secondary N) is 1. The Morgan fingerprint density at radius 2 is 1.94 bits per heavy atom. The second kappa shape index (κ2) is 6.41. The lowest BCUT2D eigenvalue weighted by molar-refractivity contribution is 0.124. The second-order valence-corrected chi connectivity index (χ2v) is 6.80. The number of hydrogen-bond donors (Lipinski definition) is 3. The quantitative estimate of drug-likeness (QED) is 0.712. The molecule has 2 fully saturated rings. The van der Waals surface area contributed by atoms with Crippen LogP contribution in [0, 0.1) is 5.92 Å². The van der Waals surface area contributed by atoms with E-state index in [1.807, 2.05) is 11.8 Å². The molecule has 0 bridgehead atoms. The molecule has 0 amide bonds. The number of thioether (sulfide) groups is 1. The van der Waals surface area contributed by atoms with Crippen LogP contribution in [0.4, 0.5) is 0 Å². The van der Waals surface area contributed by atoms with Gasteiger partial charge < -0.3 is 16.2 Å². The van der Waals surface area contributed by atoms with E-state index >= 15 is 0 Å². The molecule has 1 saturated carbocycles. The summed E-state index contributed by atoms with van der Waals surface area (Å²) in [5, 5.41) is 13.3. The first kappa shape index (κ1) is 13.7. The number of hydrogen-bond acceptors (Lipinski definition) is 4. The lowest BCUT2D eigenvalue weighted by Crippen LogP contribution is -2.59. The SMILES string of the molecule is NCC1(NC2CCCCC2CO)CCSCC1. The molecular formula is C13H26N2OS. The molecule has 4 N–H and O–H groups in total. The molecule has 0 aromatic heterocycles. The van der Waals surface area contributed by atoms with Gasteiger partial charge in [0, 0.05) is 24.7 Å². The fourth-order valence-corrected chi connectivity index (χ4v) is 4.45. The highest BCUT2D eigenvalue weighted by molar-refractivity contribution is 7.99. The third kappa shape index (κ3) is 3.37. The fraction of sp³-hybridized carbons (Fsp3) is 1.00. The monoisotopic (exact) mass is 258 g/mol. The van der Waals surface area contributed by atoms with Gasteiger partial charge in [-0.2, -0.15) is 11.8 Å². The van der Waals surface area contributed by atoms with Gasteiger partial charge in [0.25, 0.3) is 0 Å². The molecule has 0 aromatic rings. The van der Waals surface area contributed by atoms with Crippen LogP contribution in [0.2, 0.25) is 0 Å². The number of aliphatic hydroxyl groups is 1. The van der Waals surface area contributed by atoms with Gasteiger partial charge in [-0.1, -0.05) is 12.8 Å². The minimum atomic E-state index is 0.153. The smallest absolute Gasteiger partial charge is 0.0474 e. The molecule has 1 aliphatic heterocycles. The molecule has 100 valence electrons. The van der Waals surface area contributed by atoms with E-state index in [9.17, 15) is 5.11 Å². The zero-order valence-corrected chi connectivity index (χ0v) is 11.5. The van der Waals surface area contributed by atoms with Crippen LogP contribution in [0.3, 0.4) is 0 Å². The maximum absolute atomic E-state index is 9.47. The third-order valence-corrected chi connectivity index (χ3v) is 5.46. The highest BCUT2D eigenvalue weighted by Crippen LogP contribution is 2.31. The summed E-state index contributed by atoms with van der Waals surface area (Å²) in [4.78, 5) is 0. The third-order valence-electron chi connectivity index (χ3n) is 4.48. The van der Waals surface area contributed by atoms with Gasteiger partial charge in [-0.25, -0.2) is 0 Å². The first-order chi connectivity index (χ1) is 8.29. The van der Waals surface area contributed by atoms with Crippen molar-refractivity contribution in [3.8, 4) is 0 Å². The molecule has 0 radical (unpaired) electrons. The van der Waals surface area contributed by atoms with Crippen LogP contribution >= 0.6 is 11.8 Å². The normalized spacial score (nSPS) is 33.5. The first-order valence-corrected chi connectivity index (χ1v) is 8.11. The Morgan fingerprint density at radius 3 is 2.59 bits per heavy atom. The zero-order valence-electron chi connectivity index (χ0n) is 10.7. The van der Waals surface area contributed by atoms with Crippen molar-refractivity contribution in [1.82, 2.24) is 5.32 Å². The van der Waals surface area contributed by atoms with Crippen molar-refractivity contribution in [2.45, 2.75) is 50.1 Å². The molecule has 2 unspecified atom stereocenters. The van der Waals surface area contributed by atoms with Crippen LogP contribution in [0.5, 0.6) is 0 Å². The summed E-state index contributed by atoms with van der Waals surface area (Å²) in [6.45, 7) is 1.06. The van der Waals surface area contributed by atoms with Crippen molar-refractivity contribution < 1.29 is 5.11 Å². The topological polar surface area (TPSA) is 58.3 Å². The van der Waals surface area contributed by atoms with E-state index < -0.39 is 0 Å². The van der Waals surface area contributed by atoms with Gasteiger partial charge >= 0.3 is 0 Å². The molecular weight excluding hydrogens is 232 g/mol. The van der Waals surface area contributed by atoms with Crippen molar-refractivity contribution in [2.75, 3.05) is 24.7 Å². The Kier molecular flexibility index (Phi) is 5.15. The summed E-state index contributed by atoms with van der Waals surface area (Å²) >= 11 is 2.04. The van der Waals surface area contributed by atoms with Crippen LogP contribution in [-0.2, 0) is 0 Å². The van der Waals surface area contributed by atoms with Crippen molar-refractivity contribution >= 4 is 11.8 Å². The molecule has 1 saturated heterocycles. The highest BCUT2D eigenvalue weighted by atomic mass is 32.2. The Morgan fingerprint density at radius 1 is 1.24 bits per heavy atom. The summed E-state index contributed by atoms with van der Waals surface area (Å²) in [7, 11) is 0. The van der Waals surface area contributed by atoms with E-state index in [-0.39, 0.29) is 5.54 Å². The Balaban J connectivity index is 1.96. The molecule has 1 heterocycles. The summed E-state index contributed by atoms with van der Waals surface area (Å²) in [5.74, 6) is 2.89. The molecule has 4 heteroatoms. The van der Waals surface area contributed by atoms with E-state index in [0.29, 0.717) is 18.6 Å². The summed E-state index contributed by atoms with van der Waals surface area (Å²) < 4.78 is 0. The van der Waals surface area contributed by atoms with Gasteiger partial charge in [-0.3, -0.25) is 0 Å². The van der Waals surface area contributed by atoms with Gasteiger partial charge in [0.05, 0.1) is 0 Å². The van der Waals surface area contributed by atoms with Crippen molar-refractivity contribution in [3.63, 3.8) is 0 Å². The molecule has 3 nitrogen and oxygen atoms in total. The fourth-order valence-electron chi connectivity index (χ4n) is 3.18. The van der Waals surface area contributed by atoms with E-state index in [1.165, 1.54) is 50.0 Å². The maximum atomic E-state index is 9.47. The second-order valence-electron chi connectivity index (χ2n) is 5.57. The zero-order chi connectivity index (χ0) is 12.1. The van der Waals surface area contributed by atoms with Gasteiger partial charge in [0.2, 0.25) is 0 Å². The summed E-state index contributed by atoms with van der Waals surface area (Å²) in [6.07, 6.45) is 7.31. The van der Waals surface area contributed by atoms with E-state index in [1.54, 1.807) is 0 Å². The minimum absolute atomic E-state index is 0.153. The van der Waals surface area contributed by atoms with Crippen LogP contribution < -0.4 is 11.1 Å². The van der Waals surface area contributed by atoms with Gasteiger partial charge in [0.1, 0.15) is 0 Å². The number of rotatable bonds is 4. The highest BCUT2D eigenvalue weighted by Gasteiger charge is 2.35. The average Bonchev–Trinajstić information content (AvgIpc) is 2.40. The summed E-state index contributed by atoms with van der Waals surface area (Å²) in [5.41, 5.74) is 6.16. The predicted octanol–water partition coefficient (Wildman–Crippen LogP) is 1.35. The largest absolute Gasteiger partial charge is 0.396 e. The Bertz CT molecular complexity index is 231. The molecule has 2 atom stereocenters. The van der Waals surface area contributed by atoms with Gasteiger partial charge in [-0.15, -0.1) is 0 Å². The van der Waals surface area contributed by atoms with Crippen LogP contribution in [0.1, 0.15) is 38.5 Å². The lowest BCUT2D eigenvalue weighted by atomic mass is 9.81. The average molecular weight is 258 g/mol. The molecule has 0 spiro atoms. The minimum Gasteiger partial charge on any atom is -0.396 e. The number of nitrogens with two attached hydrogens (primary N) is 1. The lowest BCUT2D eigenvalue weighted by Gasteiger charge is -2.43. The maximum Gasteiger partial charge on any atom is 0.0474 e. The molecule has 0 aromatic carbocycles. The molecule has 17 heavy (non-hydrogen) atoms. The van der Waals surface area contributed by atoms with Crippen LogP contribution in [-0.4, -0.2) is 41.3 Å². The van der Waals surface area contributed by atoms with Crippen LogP contribution in [0.15, 0.2) is 0 Å². The van der Waals surface area contributed by atoms with Crippen molar-refractivity contribution in [3.05, 3.63) is 0 Å². The first-order valence-electron chi connectivity index (χ1n) is 6.96. The summed E-state index contributed by atoms with van der Waals surface area (Å²) in [6, 6.07) is 0.486. The van der Waals surface area contributed by atoms with E-state index in [4.69, 9.17) is 5.73 Å². The van der Waals surface area contributed by atoms with Crippen molar-refractivity contribution in [1.29, 1.82) is 0 Å². The van der Waals surface area contributed by atoms with Gasteiger partial charge in [0.15, 0.2) is 0 Å². The van der Waals surface area contributed by atoms with Crippen molar-refractivity contribution in [2.24, 2.45) is 11.7 Å². The molecule has 2 rings (SSSR count). The van der Waals surface area contributed by atoms with Crippen LogP contribution in [0.25, 0.3) is 0 Å². The number of aliphatic hydroxyl groups excluding tert-OH is 1. The van der Waals surface area contributed by atoms with E-state index in [2.05, 4.69) is 5.32 Å². The van der Waals surface area contributed by atoms with E-state index in [0.717, 1.165) is 6.54 Å². The molecule has 2 aliphatic rings. The Labute approximate surface area is 109 Å². The predicted molar refractivity (Wildman–Crippen MR) is 74.3 cm³/mol. The molecule has 1 aliphatic carbocycles.